The number of carbonyl (C=O) groups excluding carboxylic acids is 1. The van der Waals surface area contributed by atoms with E-state index in [1.165, 1.54) is 23.1 Å². The van der Waals surface area contributed by atoms with Crippen LogP contribution in [0.3, 0.4) is 0 Å². The van der Waals surface area contributed by atoms with Gasteiger partial charge in [0.25, 0.3) is 11.8 Å². The Labute approximate surface area is 172 Å². The molecule has 1 aliphatic rings. The Bertz CT molecular complexity index is 910. The zero-order valence-electron chi connectivity index (χ0n) is 15.2. The number of hydrogen-bond donors (Lipinski definition) is 3. The van der Waals surface area contributed by atoms with E-state index in [0.29, 0.717) is 0 Å². The van der Waals surface area contributed by atoms with Gasteiger partial charge in [0.15, 0.2) is 0 Å². The molecule has 0 spiro atoms. The number of nitrogens with two attached hydrogens (primary N) is 1. The molecule has 170 valence electrons. The standard InChI is InChI=1S/C13H16ClF2N3O3S.C2HF3O2/c1-23(21,22)18-10-3-2-8(14)6-9(10)12(20)19-5-4-13(15,16)11(17)7-19;3-2(4,5)1(6)7/h2-3,6,11,18H,4-5,7,17H2,1H3;(H,6,7). The Morgan fingerprint density at radius 2 is 1.87 bits per heavy atom. The van der Waals surface area contributed by atoms with Crippen LogP contribution in [0.4, 0.5) is 27.6 Å². The van der Waals surface area contributed by atoms with Gasteiger partial charge in [-0.3, -0.25) is 9.52 Å². The van der Waals surface area contributed by atoms with E-state index >= 15 is 0 Å². The molecule has 1 fully saturated rings. The van der Waals surface area contributed by atoms with E-state index in [4.69, 9.17) is 27.2 Å². The van der Waals surface area contributed by atoms with E-state index in [2.05, 4.69) is 4.72 Å². The van der Waals surface area contributed by atoms with Gasteiger partial charge in [-0.2, -0.15) is 13.2 Å². The van der Waals surface area contributed by atoms with Gasteiger partial charge in [-0.05, 0) is 18.2 Å². The molecule has 0 aliphatic carbocycles. The number of sulfonamides is 1. The summed E-state index contributed by atoms with van der Waals surface area (Å²) in [5, 5.41) is 7.35. The number of aliphatic carboxylic acids is 1. The molecule has 1 unspecified atom stereocenters. The number of amides is 1. The van der Waals surface area contributed by atoms with E-state index < -0.39 is 46.5 Å². The summed E-state index contributed by atoms with van der Waals surface area (Å²) in [5.41, 5.74) is 5.43. The molecule has 0 radical (unpaired) electrons. The lowest BCUT2D eigenvalue weighted by Gasteiger charge is -2.36. The van der Waals surface area contributed by atoms with Crippen LogP contribution in [0.1, 0.15) is 16.8 Å². The van der Waals surface area contributed by atoms with Gasteiger partial charge in [0, 0.05) is 24.5 Å². The van der Waals surface area contributed by atoms with Gasteiger partial charge in [-0.25, -0.2) is 22.0 Å². The molecule has 2 rings (SSSR count). The Morgan fingerprint density at radius 1 is 1.33 bits per heavy atom. The average molecular weight is 482 g/mol. The van der Waals surface area contributed by atoms with Crippen molar-refractivity contribution in [1.82, 2.24) is 4.90 Å². The van der Waals surface area contributed by atoms with Gasteiger partial charge in [-0.1, -0.05) is 11.6 Å². The van der Waals surface area contributed by atoms with Crippen LogP contribution in [0.25, 0.3) is 0 Å². The third-order valence-electron chi connectivity index (χ3n) is 3.71. The molecule has 8 nitrogen and oxygen atoms in total. The largest absolute Gasteiger partial charge is 0.490 e. The van der Waals surface area contributed by atoms with E-state index in [1.807, 2.05) is 0 Å². The van der Waals surface area contributed by atoms with Crippen LogP contribution >= 0.6 is 11.6 Å². The third kappa shape index (κ3) is 7.57. The maximum atomic E-state index is 13.4. The van der Waals surface area contributed by atoms with Crippen molar-refractivity contribution in [2.24, 2.45) is 5.73 Å². The fourth-order valence-corrected chi connectivity index (χ4v) is 3.02. The molecule has 15 heteroatoms. The normalized spacial score (nSPS) is 18.8. The summed E-state index contributed by atoms with van der Waals surface area (Å²) in [6.07, 6.45) is -4.69. The number of carboxylic acid groups (broad SMARTS) is 1. The number of piperidine rings is 1. The smallest absolute Gasteiger partial charge is 0.475 e. The van der Waals surface area contributed by atoms with Crippen molar-refractivity contribution < 1.29 is 45.1 Å². The maximum absolute atomic E-state index is 13.4. The molecule has 1 atom stereocenters. The zero-order valence-corrected chi connectivity index (χ0v) is 16.8. The van der Waals surface area contributed by atoms with Crippen molar-refractivity contribution in [3.05, 3.63) is 28.8 Å². The number of anilines is 1. The quantitative estimate of drug-likeness (QED) is 0.567. The molecule has 0 saturated carbocycles. The molecular weight excluding hydrogens is 465 g/mol. The van der Waals surface area contributed by atoms with Gasteiger partial charge < -0.3 is 15.7 Å². The molecular formula is C15H17ClF5N3O5S. The number of alkyl halides is 5. The number of benzene rings is 1. The lowest BCUT2D eigenvalue weighted by Crippen LogP contribution is -2.56. The average Bonchev–Trinajstić information content (AvgIpc) is 2.57. The predicted octanol–water partition coefficient (Wildman–Crippen LogP) is 2.15. The Balaban J connectivity index is 0.000000553. The lowest BCUT2D eigenvalue weighted by molar-refractivity contribution is -0.192. The second-order valence-corrected chi connectivity index (χ2v) is 8.42. The second-order valence-electron chi connectivity index (χ2n) is 6.24. The molecule has 1 aromatic rings. The number of nitrogens with one attached hydrogen (secondary N) is 1. The van der Waals surface area contributed by atoms with Gasteiger partial charge >= 0.3 is 12.1 Å². The first kappa shape index (κ1) is 25.8. The Morgan fingerprint density at radius 3 is 2.30 bits per heavy atom. The first-order valence-electron chi connectivity index (χ1n) is 7.94. The summed E-state index contributed by atoms with van der Waals surface area (Å²) < 4.78 is 83.6. The molecule has 30 heavy (non-hydrogen) atoms. The Hall–Kier alpha value is -2.19. The minimum atomic E-state index is -5.08. The van der Waals surface area contributed by atoms with Gasteiger partial charge in [0.05, 0.1) is 23.5 Å². The van der Waals surface area contributed by atoms with E-state index in [-0.39, 0.29) is 29.4 Å². The van der Waals surface area contributed by atoms with Crippen molar-refractivity contribution in [3.8, 4) is 0 Å². The number of nitrogens with zero attached hydrogens (tertiary/aromatic N) is 1. The Kier molecular flexibility index (Phi) is 8.02. The van der Waals surface area contributed by atoms with Crippen LogP contribution in [0, 0.1) is 0 Å². The summed E-state index contributed by atoms with van der Waals surface area (Å²) in [6, 6.07) is 2.58. The monoisotopic (exact) mass is 481 g/mol. The fraction of sp³-hybridized carbons (Fsp3) is 0.467. The molecule has 1 heterocycles. The summed E-state index contributed by atoms with van der Waals surface area (Å²) >= 11 is 5.85. The van der Waals surface area contributed by atoms with Crippen molar-refractivity contribution in [3.63, 3.8) is 0 Å². The second kappa shape index (κ2) is 9.31. The van der Waals surface area contributed by atoms with E-state index in [9.17, 15) is 35.2 Å². The minimum Gasteiger partial charge on any atom is -0.475 e. The maximum Gasteiger partial charge on any atom is 0.490 e. The van der Waals surface area contributed by atoms with Crippen LogP contribution in [0.2, 0.25) is 5.02 Å². The number of halogens is 6. The summed E-state index contributed by atoms with van der Waals surface area (Å²) in [5.74, 6) is -6.39. The highest BCUT2D eigenvalue weighted by molar-refractivity contribution is 7.92. The summed E-state index contributed by atoms with van der Waals surface area (Å²) in [7, 11) is -3.61. The molecule has 4 N–H and O–H groups in total. The zero-order chi connectivity index (χ0) is 23.5. The third-order valence-corrected chi connectivity index (χ3v) is 4.54. The van der Waals surface area contributed by atoms with E-state index in [1.54, 1.807) is 0 Å². The van der Waals surface area contributed by atoms with Gasteiger partial charge in [0.2, 0.25) is 10.0 Å². The number of hydrogen-bond acceptors (Lipinski definition) is 5. The molecule has 0 aromatic heterocycles. The molecule has 1 aliphatic heterocycles. The molecule has 1 aromatic carbocycles. The SMILES string of the molecule is CS(=O)(=O)Nc1ccc(Cl)cc1C(=O)N1CCC(F)(F)C(N)C1.O=C(O)C(F)(F)F. The van der Waals surface area contributed by atoms with Crippen LogP contribution in [-0.2, 0) is 14.8 Å². The first-order valence-corrected chi connectivity index (χ1v) is 10.2. The molecule has 0 bridgehead atoms. The number of rotatable bonds is 3. The number of likely N-dealkylation sites (tertiary alicyclic amines) is 1. The van der Waals surface area contributed by atoms with Crippen LogP contribution in [0.15, 0.2) is 18.2 Å². The van der Waals surface area contributed by atoms with Crippen molar-refractivity contribution in [1.29, 1.82) is 0 Å². The number of carbonyl (C=O) groups is 2. The lowest BCUT2D eigenvalue weighted by atomic mass is 10.0. The first-order chi connectivity index (χ1) is 13.4. The fourth-order valence-electron chi connectivity index (χ4n) is 2.27. The summed E-state index contributed by atoms with van der Waals surface area (Å²) in [4.78, 5) is 22.6. The van der Waals surface area contributed by atoms with Crippen LogP contribution < -0.4 is 10.5 Å². The van der Waals surface area contributed by atoms with E-state index in [0.717, 1.165) is 6.26 Å². The molecule has 1 amide bonds. The molecule has 1 saturated heterocycles. The van der Waals surface area contributed by atoms with Gasteiger partial charge in [-0.15, -0.1) is 0 Å². The van der Waals surface area contributed by atoms with Gasteiger partial charge in [0.1, 0.15) is 0 Å². The minimum absolute atomic E-state index is 0.0136. The highest BCUT2D eigenvalue weighted by Crippen LogP contribution is 2.29. The topological polar surface area (TPSA) is 130 Å². The van der Waals surface area contributed by atoms with Crippen molar-refractivity contribution >= 4 is 39.2 Å². The summed E-state index contributed by atoms with van der Waals surface area (Å²) in [6.45, 7) is -0.499. The van der Waals surface area contributed by atoms with Crippen LogP contribution in [-0.4, -0.2) is 67.8 Å². The number of carboxylic acids is 1. The van der Waals surface area contributed by atoms with Crippen molar-refractivity contribution in [2.45, 2.75) is 24.6 Å². The highest BCUT2D eigenvalue weighted by Gasteiger charge is 2.43. The predicted molar refractivity (Wildman–Crippen MR) is 97.1 cm³/mol. The van der Waals surface area contributed by atoms with Crippen LogP contribution in [0.5, 0.6) is 0 Å². The van der Waals surface area contributed by atoms with Crippen molar-refractivity contribution in [2.75, 3.05) is 24.1 Å². The highest BCUT2D eigenvalue weighted by atomic mass is 35.5.